The molecule has 0 saturated carbocycles. The first kappa shape index (κ1) is 23.1. The average molecular weight is 447 g/mol. The lowest BCUT2D eigenvalue weighted by Gasteiger charge is -2.31. The minimum Gasteiger partial charge on any atom is -0.369 e. The van der Waals surface area contributed by atoms with Crippen molar-refractivity contribution in [3.8, 4) is 10.6 Å². The van der Waals surface area contributed by atoms with Crippen molar-refractivity contribution in [2.45, 2.75) is 40.0 Å². The fourth-order valence-electron chi connectivity index (χ4n) is 3.89. The monoisotopic (exact) mass is 446 g/mol. The topological polar surface area (TPSA) is 123 Å². The van der Waals surface area contributed by atoms with Crippen molar-refractivity contribution in [3.63, 3.8) is 0 Å². The highest BCUT2D eigenvalue weighted by Gasteiger charge is 2.24. The molecular weight excluding hydrogens is 416 g/mol. The van der Waals surface area contributed by atoms with Gasteiger partial charge in [0, 0.05) is 20.1 Å². The molecule has 0 spiro atoms. The van der Waals surface area contributed by atoms with Gasteiger partial charge in [-0.2, -0.15) is 5.10 Å². The van der Waals surface area contributed by atoms with Crippen LogP contribution >= 0.6 is 11.3 Å². The van der Waals surface area contributed by atoms with Crippen LogP contribution in [0.4, 0.5) is 0 Å². The summed E-state index contributed by atoms with van der Waals surface area (Å²) in [6.07, 6.45) is 2.61. The molecule has 1 aliphatic rings. The highest BCUT2D eigenvalue weighted by molar-refractivity contribution is 7.17. The van der Waals surface area contributed by atoms with Gasteiger partial charge in [0.2, 0.25) is 5.91 Å². The third-order valence-electron chi connectivity index (χ3n) is 5.79. The van der Waals surface area contributed by atoms with Gasteiger partial charge < -0.3 is 16.0 Å². The molecule has 168 valence electrons. The molecule has 0 radical (unpaired) electrons. The van der Waals surface area contributed by atoms with Crippen molar-refractivity contribution < 1.29 is 9.59 Å². The molecule has 2 aromatic rings. The Labute approximate surface area is 185 Å². The standard InChI is InChI=1S/C21H30N6O3S/c1-12-13(2)25-26(4)21(30)16(12)20-24-14(3)17(31-20)19(29)23-8-6-10-27-9-5-7-15(11-27)18(22)28/h15H,5-11H2,1-4H3,(H2,22,28)(H,23,29). The number of aryl methyl sites for hydroxylation is 3. The van der Waals surface area contributed by atoms with E-state index in [9.17, 15) is 14.4 Å². The van der Waals surface area contributed by atoms with Crippen molar-refractivity contribution in [3.05, 3.63) is 32.2 Å². The van der Waals surface area contributed by atoms with E-state index in [2.05, 4.69) is 20.3 Å². The second-order valence-electron chi connectivity index (χ2n) is 8.10. The highest BCUT2D eigenvalue weighted by atomic mass is 32.1. The van der Waals surface area contributed by atoms with E-state index in [0.717, 1.165) is 43.6 Å². The minimum absolute atomic E-state index is 0.0745. The lowest BCUT2D eigenvalue weighted by molar-refractivity contribution is -0.123. The number of amides is 2. The molecule has 2 aromatic heterocycles. The molecule has 1 saturated heterocycles. The van der Waals surface area contributed by atoms with Gasteiger partial charge in [-0.15, -0.1) is 11.3 Å². The number of carbonyl (C=O) groups excluding carboxylic acids is 2. The molecule has 2 amide bonds. The van der Waals surface area contributed by atoms with Crippen LogP contribution < -0.4 is 16.6 Å². The summed E-state index contributed by atoms with van der Waals surface area (Å²) in [5.41, 5.74) is 7.84. The van der Waals surface area contributed by atoms with E-state index in [-0.39, 0.29) is 23.3 Å². The fraction of sp³-hybridized carbons (Fsp3) is 0.571. The largest absolute Gasteiger partial charge is 0.369 e. The second-order valence-corrected chi connectivity index (χ2v) is 9.10. The zero-order valence-electron chi connectivity index (χ0n) is 18.5. The van der Waals surface area contributed by atoms with Crippen LogP contribution in [0.5, 0.6) is 0 Å². The minimum atomic E-state index is -0.232. The van der Waals surface area contributed by atoms with Crippen LogP contribution in [-0.2, 0) is 11.8 Å². The van der Waals surface area contributed by atoms with Gasteiger partial charge in [0.1, 0.15) is 9.88 Å². The lowest BCUT2D eigenvalue weighted by Crippen LogP contribution is -2.42. The number of rotatable bonds is 7. The summed E-state index contributed by atoms with van der Waals surface area (Å²) in [5.74, 6) is -0.492. The Balaban J connectivity index is 1.61. The molecule has 31 heavy (non-hydrogen) atoms. The number of aromatic nitrogens is 3. The fourth-order valence-corrected chi connectivity index (χ4v) is 4.97. The van der Waals surface area contributed by atoms with Crippen LogP contribution in [0.15, 0.2) is 4.79 Å². The first-order chi connectivity index (χ1) is 14.7. The van der Waals surface area contributed by atoms with Crippen molar-refractivity contribution >= 4 is 23.2 Å². The summed E-state index contributed by atoms with van der Waals surface area (Å²) >= 11 is 1.23. The maximum Gasteiger partial charge on any atom is 0.277 e. The number of carbonyl (C=O) groups is 2. The smallest absolute Gasteiger partial charge is 0.277 e. The Kier molecular flexibility index (Phi) is 7.22. The van der Waals surface area contributed by atoms with Crippen LogP contribution in [0.3, 0.4) is 0 Å². The molecule has 1 atom stereocenters. The number of hydrogen-bond donors (Lipinski definition) is 2. The van der Waals surface area contributed by atoms with Crippen LogP contribution in [0.1, 0.15) is 45.9 Å². The van der Waals surface area contributed by atoms with Crippen molar-refractivity contribution in [1.82, 2.24) is 25.0 Å². The van der Waals surface area contributed by atoms with Crippen molar-refractivity contribution in [2.75, 3.05) is 26.2 Å². The third kappa shape index (κ3) is 5.19. The first-order valence-electron chi connectivity index (χ1n) is 10.5. The Bertz CT molecular complexity index is 1040. The van der Waals surface area contributed by atoms with Crippen LogP contribution in [0.25, 0.3) is 10.6 Å². The molecular formula is C21H30N6O3S. The number of likely N-dealkylation sites (tertiary alicyclic amines) is 1. The highest BCUT2D eigenvalue weighted by Crippen LogP contribution is 2.28. The zero-order valence-corrected chi connectivity index (χ0v) is 19.3. The first-order valence-corrected chi connectivity index (χ1v) is 11.3. The molecule has 3 N–H and O–H groups in total. The van der Waals surface area contributed by atoms with E-state index >= 15 is 0 Å². The summed E-state index contributed by atoms with van der Waals surface area (Å²) in [4.78, 5) is 43.9. The van der Waals surface area contributed by atoms with Gasteiger partial charge in [-0.1, -0.05) is 0 Å². The molecule has 0 aliphatic carbocycles. The molecule has 0 bridgehead atoms. The van der Waals surface area contributed by atoms with Gasteiger partial charge in [-0.25, -0.2) is 9.67 Å². The maximum absolute atomic E-state index is 12.7. The third-order valence-corrected chi connectivity index (χ3v) is 6.96. The molecule has 10 heteroatoms. The summed E-state index contributed by atoms with van der Waals surface area (Å²) in [5, 5.41) is 7.68. The molecule has 0 aromatic carbocycles. The molecule has 1 unspecified atom stereocenters. The molecule has 3 heterocycles. The van der Waals surface area contributed by atoms with E-state index in [4.69, 9.17) is 5.73 Å². The number of hydrogen-bond acceptors (Lipinski definition) is 7. The molecule has 9 nitrogen and oxygen atoms in total. The Hall–Kier alpha value is -2.59. The van der Waals surface area contributed by atoms with Crippen molar-refractivity contribution in [1.29, 1.82) is 0 Å². The molecule has 1 fully saturated rings. The van der Waals surface area contributed by atoms with Gasteiger partial charge in [0.25, 0.3) is 11.5 Å². The molecule has 3 rings (SSSR count). The number of nitrogens with zero attached hydrogens (tertiary/aromatic N) is 4. The SMILES string of the molecule is Cc1nc(-c2c(C)c(C)nn(C)c2=O)sc1C(=O)NCCCN1CCCC(C(N)=O)C1. The van der Waals surface area contributed by atoms with Crippen LogP contribution in [0.2, 0.25) is 0 Å². The summed E-state index contributed by atoms with van der Waals surface area (Å²) < 4.78 is 1.30. The average Bonchev–Trinajstić information content (AvgIpc) is 3.11. The van der Waals surface area contributed by atoms with Crippen LogP contribution in [-0.4, -0.2) is 57.7 Å². The predicted molar refractivity (Wildman–Crippen MR) is 120 cm³/mol. The molecule has 1 aliphatic heterocycles. The van der Waals surface area contributed by atoms with Gasteiger partial charge in [0.05, 0.1) is 22.9 Å². The summed E-state index contributed by atoms with van der Waals surface area (Å²) in [6.45, 7) is 8.45. The number of nitrogens with one attached hydrogen (secondary N) is 1. The Morgan fingerprint density at radius 2 is 2.00 bits per heavy atom. The number of thiazole rings is 1. The zero-order chi connectivity index (χ0) is 22.7. The summed E-state index contributed by atoms with van der Waals surface area (Å²) in [6, 6.07) is 0. The van der Waals surface area contributed by atoms with E-state index in [1.165, 1.54) is 16.0 Å². The Morgan fingerprint density at radius 1 is 1.26 bits per heavy atom. The van der Waals surface area contributed by atoms with Crippen LogP contribution in [0, 0.1) is 26.7 Å². The maximum atomic E-state index is 12.7. The van der Waals surface area contributed by atoms with E-state index in [1.54, 1.807) is 14.0 Å². The number of nitrogens with two attached hydrogens (primary N) is 1. The van der Waals surface area contributed by atoms with Gasteiger partial charge in [-0.05, 0) is 58.7 Å². The van der Waals surface area contributed by atoms with E-state index in [0.29, 0.717) is 34.2 Å². The normalized spacial score (nSPS) is 17.0. The quantitative estimate of drug-likeness (QED) is 0.615. The van der Waals surface area contributed by atoms with E-state index in [1.807, 2.05) is 13.8 Å². The number of primary amides is 1. The van der Waals surface area contributed by atoms with Gasteiger partial charge in [0.15, 0.2) is 0 Å². The van der Waals surface area contributed by atoms with Gasteiger partial charge >= 0.3 is 0 Å². The second kappa shape index (κ2) is 9.69. The Morgan fingerprint density at radius 3 is 2.71 bits per heavy atom. The lowest BCUT2D eigenvalue weighted by atomic mass is 9.97. The summed E-state index contributed by atoms with van der Waals surface area (Å²) in [7, 11) is 1.61. The van der Waals surface area contributed by atoms with Gasteiger partial charge in [-0.3, -0.25) is 14.4 Å². The van der Waals surface area contributed by atoms with E-state index < -0.39 is 0 Å². The number of piperidine rings is 1. The predicted octanol–water partition coefficient (Wildman–Crippen LogP) is 1.15. The van der Waals surface area contributed by atoms with Crippen molar-refractivity contribution in [2.24, 2.45) is 18.7 Å².